The van der Waals surface area contributed by atoms with E-state index in [1.165, 1.54) is 10.2 Å². The summed E-state index contributed by atoms with van der Waals surface area (Å²) in [6.45, 7) is 1.02. The number of anilines is 1. The fraction of sp³-hybridized carbons (Fsp3) is 0.222. The quantitative estimate of drug-likeness (QED) is 0.700. The second kappa shape index (κ2) is 7.50. The fourth-order valence-electron chi connectivity index (χ4n) is 2.41. The molecule has 1 aromatic heterocycles. The molecule has 24 heavy (non-hydrogen) atoms. The summed E-state index contributed by atoms with van der Waals surface area (Å²) in [7, 11) is 1.63. The first-order chi connectivity index (χ1) is 11.7. The number of methoxy groups -OCH3 is 1. The zero-order chi connectivity index (χ0) is 16.8. The van der Waals surface area contributed by atoms with Gasteiger partial charge in [0.05, 0.1) is 20.2 Å². The molecule has 6 heteroatoms. The first-order valence-electron chi connectivity index (χ1n) is 7.82. The SMILES string of the molecule is COc1ccc(NCc2nn(CCc3ccccc3)c(=O)[nH]2)cc1. The van der Waals surface area contributed by atoms with Gasteiger partial charge < -0.3 is 10.1 Å². The van der Waals surface area contributed by atoms with Gasteiger partial charge >= 0.3 is 5.69 Å². The highest BCUT2D eigenvalue weighted by atomic mass is 16.5. The number of nitrogens with one attached hydrogen (secondary N) is 2. The minimum atomic E-state index is -0.183. The molecule has 0 aliphatic heterocycles. The Bertz CT molecular complexity index is 822. The number of benzene rings is 2. The summed E-state index contributed by atoms with van der Waals surface area (Å²) >= 11 is 0. The van der Waals surface area contributed by atoms with Crippen molar-refractivity contribution in [3.8, 4) is 5.75 Å². The number of hydrogen-bond acceptors (Lipinski definition) is 4. The third-order valence-electron chi connectivity index (χ3n) is 3.73. The molecule has 0 atom stereocenters. The van der Waals surface area contributed by atoms with E-state index in [0.717, 1.165) is 17.9 Å². The lowest BCUT2D eigenvalue weighted by Crippen LogP contribution is -2.19. The number of aromatic nitrogens is 3. The van der Waals surface area contributed by atoms with E-state index >= 15 is 0 Å². The molecule has 0 unspecified atom stereocenters. The van der Waals surface area contributed by atoms with Crippen LogP contribution in [0.25, 0.3) is 0 Å². The van der Waals surface area contributed by atoms with Crippen LogP contribution in [0.3, 0.4) is 0 Å². The molecule has 2 N–H and O–H groups in total. The van der Waals surface area contributed by atoms with Crippen LogP contribution in [0.2, 0.25) is 0 Å². The van der Waals surface area contributed by atoms with Gasteiger partial charge in [0.1, 0.15) is 11.6 Å². The van der Waals surface area contributed by atoms with Crippen molar-refractivity contribution in [3.63, 3.8) is 0 Å². The molecule has 0 aliphatic rings. The van der Waals surface area contributed by atoms with Crippen molar-refractivity contribution in [2.45, 2.75) is 19.5 Å². The summed E-state index contributed by atoms with van der Waals surface area (Å²) in [4.78, 5) is 14.7. The van der Waals surface area contributed by atoms with Crippen molar-refractivity contribution in [1.29, 1.82) is 0 Å². The third-order valence-corrected chi connectivity index (χ3v) is 3.73. The second-order valence-corrected chi connectivity index (χ2v) is 5.42. The predicted molar refractivity (Wildman–Crippen MR) is 93.3 cm³/mol. The summed E-state index contributed by atoms with van der Waals surface area (Å²) in [5.41, 5.74) is 1.94. The van der Waals surface area contributed by atoms with Crippen molar-refractivity contribution >= 4 is 5.69 Å². The molecule has 0 amide bonds. The van der Waals surface area contributed by atoms with Crippen LogP contribution in [-0.4, -0.2) is 21.9 Å². The second-order valence-electron chi connectivity index (χ2n) is 5.42. The molecule has 3 aromatic rings. The molecule has 2 aromatic carbocycles. The van der Waals surface area contributed by atoms with Crippen LogP contribution >= 0.6 is 0 Å². The van der Waals surface area contributed by atoms with Crippen LogP contribution in [-0.2, 0) is 19.5 Å². The molecule has 1 heterocycles. The van der Waals surface area contributed by atoms with E-state index in [1.54, 1.807) is 7.11 Å². The Labute approximate surface area is 140 Å². The summed E-state index contributed by atoms with van der Waals surface area (Å²) in [6.07, 6.45) is 0.775. The Kier molecular flexibility index (Phi) is 4.96. The molecule has 0 saturated carbocycles. The van der Waals surface area contributed by atoms with Gasteiger partial charge in [-0.1, -0.05) is 30.3 Å². The summed E-state index contributed by atoms with van der Waals surface area (Å²) in [5, 5.41) is 7.56. The first-order valence-corrected chi connectivity index (χ1v) is 7.82. The summed E-state index contributed by atoms with van der Waals surface area (Å²) in [6, 6.07) is 17.7. The Hall–Kier alpha value is -3.02. The van der Waals surface area contributed by atoms with E-state index < -0.39 is 0 Å². The van der Waals surface area contributed by atoms with Gasteiger partial charge in [0.25, 0.3) is 0 Å². The summed E-state index contributed by atoms with van der Waals surface area (Å²) < 4.78 is 6.59. The van der Waals surface area contributed by atoms with Gasteiger partial charge in [-0.3, -0.25) is 4.98 Å². The average Bonchev–Trinajstić information content (AvgIpc) is 2.99. The Morgan fingerprint density at radius 1 is 1.12 bits per heavy atom. The number of ether oxygens (including phenoxy) is 1. The van der Waals surface area contributed by atoms with Gasteiger partial charge in [-0.15, -0.1) is 0 Å². The van der Waals surface area contributed by atoms with Crippen LogP contribution in [0, 0.1) is 0 Å². The van der Waals surface area contributed by atoms with Gasteiger partial charge in [-0.05, 0) is 36.2 Å². The maximum Gasteiger partial charge on any atom is 0.343 e. The predicted octanol–water partition coefficient (Wildman–Crippen LogP) is 2.43. The standard InChI is InChI=1S/C18H20N4O2/c1-24-16-9-7-15(8-10-16)19-13-17-20-18(23)22(21-17)12-11-14-5-3-2-4-6-14/h2-10,19H,11-13H2,1H3,(H,20,21,23). The highest BCUT2D eigenvalue weighted by molar-refractivity contribution is 5.46. The largest absolute Gasteiger partial charge is 0.497 e. The van der Waals surface area contributed by atoms with Gasteiger partial charge in [-0.2, -0.15) is 5.10 Å². The molecule has 3 rings (SSSR count). The first kappa shape index (κ1) is 15.9. The molecule has 0 fully saturated rings. The van der Waals surface area contributed by atoms with Crippen LogP contribution < -0.4 is 15.7 Å². The smallest absolute Gasteiger partial charge is 0.343 e. The number of aryl methyl sites for hydroxylation is 2. The molecular weight excluding hydrogens is 304 g/mol. The topological polar surface area (TPSA) is 71.9 Å². The normalized spacial score (nSPS) is 10.5. The maximum atomic E-state index is 12.0. The lowest BCUT2D eigenvalue weighted by atomic mass is 10.2. The average molecular weight is 324 g/mol. The van der Waals surface area contributed by atoms with E-state index in [-0.39, 0.29) is 5.69 Å². The van der Waals surface area contributed by atoms with E-state index in [2.05, 4.69) is 15.4 Å². The molecule has 0 bridgehead atoms. The third kappa shape index (κ3) is 4.04. The zero-order valence-electron chi connectivity index (χ0n) is 13.5. The molecule has 6 nitrogen and oxygen atoms in total. The van der Waals surface area contributed by atoms with Crippen LogP contribution in [0.4, 0.5) is 5.69 Å². The van der Waals surface area contributed by atoms with E-state index in [1.807, 2.05) is 54.6 Å². The van der Waals surface area contributed by atoms with Crippen molar-refractivity contribution in [2.24, 2.45) is 0 Å². The van der Waals surface area contributed by atoms with Crippen LogP contribution in [0.5, 0.6) is 5.75 Å². The molecule has 124 valence electrons. The van der Waals surface area contributed by atoms with Gasteiger partial charge in [0.2, 0.25) is 0 Å². The Morgan fingerprint density at radius 3 is 2.58 bits per heavy atom. The molecule has 0 spiro atoms. The van der Waals surface area contributed by atoms with Gasteiger partial charge in [0.15, 0.2) is 0 Å². The Balaban J connectivity index is 1.58. The van der Waals surface area contributed by atoms with E-state index in [0.29, 0.717) is 18.9 Å². The van der Waals surface area contributed by atoms with Gasteiger partial charge in [-0.25, -0.2) is 9.48 Å². The molecule has 0 saturated heterocycles. The zero-order valence-corrected chi connectivity index (χ0v) is 13.5. The number of aromatic amines is 1. The van der Waals surface area contributed by atoms with Crippen molar-refractivity contribution < 1.29 is 4.74 Å². The van der Waals surface area contributed by atoms with Crippen molar-refractivity contribution in [1.82, 2.24) is 14.8 Å². The minimum absolute atomic E-state index is 0.183. The minimum Gasteiger partial charge on any atom is -0.497 e. The monoisotopic (exact) mass is 324 g/mol. The fourth-order valence-corrected chi connectivity index (χ4v) is 2.41. The number of hydrogen-bond donors (Lipinski definition) is 2. The lowest BCUT2D eigenvalue weighted by molar-refractivity contribution is 0.415. The van der Waals surface area contributed by atoms with Crippen LogP contribution in [0.15, 0.2) is 59.4 Å². The number of H-pyrrole nitrogens is 1. The summed E-state index contributed by atoms with van der Waals surface area (Å²) in [5.74, 6) is 1.42. The number of nitrogens with zero attached hydrogens (tertiary/aromatic N) is 2. The van der Waals surface area contributed by atoms with Crippen LogP contribution in [0.1, 0.15) is 11.4 Å². The maximum absolute atomic E-state index is 12.0. The molecule has 0 radical (unpaired) electrons. The van der Waals surface area contributed by atoms with Gasteiger partial charge in [0, 0.05) is 5.69 Å². The van der Waals surface area contributed by atoms with E-state index in [9.17, 15) is 4.79 Å². The van der Waals surface area contributed by atoms with E-state index in [4.69, 9.17) is 4.74 Å². The highest BCUT2D eigenvalue weighted by Crippen LogP contribution is 2.15. The number of rotatable bonds is 7. The molecule has 0 aliphatic carbocycles. The molecular formula is C18H20N4O2. The lowest BCUT2D eigenvalue weighted by Gasteiger charge is -2.05. The Morgan fingerprint density at radius 2 is 1.88 bits per heavy atom. The van der Waals surface area contributed by atoms with Crippen molar-refractivity contribution in [2.75, 3.05) is 12.4 Å². The van der Waals surface area contributed by atoms with Crippen molar-refractivity contribution in [3.05, 3.63) is 76.5 Å². The highest BCUT2D eigenvalue weighted by Gasteiger charge is 2.05.